The molecule has 1 heterocycles. The van der Waals surface area contributed by atoms with Gasteiger partial charge in [-0.15, -0.1) is 10.5 Å². The van der Waals surface area contributed by atoms with Crippen LogP contribution >= 0.6 is 0 Å². The van der Waals surface area contributed by atoms with Gasteiger partial charge in [0.25, 0.3) is 0 Å². The standard InChI is InChI=1S/C14H17N.Ir/c1-13-8-9-14(10-13,11-15(13)2)12-6-4-3-5-7-12;/h3-6,11H,8-10H2,1-2H3;. The zero-order valence-electron chi connectivity index (χ0n) is 9.79. The molecule has 2 heteroatoms. The second-order valence-electron chi connectivity index (χ2n) is 5.35. The van der Waals surface area contributed by atoms with Crippen LogP contribution in [0.3, 0.4) is 0 Å². The predicted octanol–water partition coefficient (Wildman–Crippen LogP) is 2.77. The van der Waals surface area contributed by atoms with Crippen molar-refractivity contribution in [2.45, 2.75) is 37.1 Å². The fourth-order valence-electron chi connectivity index (χ4n) is 3.29. The third-order valence-electron chi connectivity index (χ3n) is 4.34. The van der Waals surface area contributed by atoms with Crippen molar-refractivity contribution in [2.75, 3.05) is 7.05 Å². The fourth-order valence-corrected chi connectivity index (χ4v) is 3.29. The third kappa shape index (κ3) is 1.55. The van der Waals surface area contributed by atoms with Crippen LogP contribution in [-0.4, -0.2) is 17.5 Å². The van der Waals surface area contributed by atoms with Crippen LogP contribution in [0.2, 0.25) is 0 Å². The van der Waals surface area contributed by atoms with Crippen LogP contribution < -0.4 is 0 Å². The Labute approximate surface area is 112 Å². The maximum atomic E-state index is 3.41. The van der Waals surface area contributed by atoms with Gasteiger partial charge in [-0.05, 0) is 19.8 Å². The van der Waals surface area contributed by atoms with Crippen LogP contribution in [0.25, 0.3) is 0 Å². The maximum Gasteiger partial charge on any atom is 0.167 e. The zero-order valence-corrected chi connectivity index (χ0v) is 12.2. The van der Waals surface area contributed by atoms with E-state index in [9.17, 15) is 0 Å². The van der Waals surface area contributed by atoms with Crippen LogP contribution in [0, 0.1) is 12.6 Å². The first-order valence-electron chi connectivity index (χ1n) is 5.71. The van der Waals surface area contributed by atoms with Crippen molar-refractivity contribution in [2.24, 2.45) is 0 Å². The SMILES string of the molecule is CN1[CH+]C2(c3[c-]cccc3)CCC1(C)C2.[Ir]. The minimum atomic E-state index is 0. The number of rotatable bonds is 1. The molecule has 2 fully saturated rings. The smallest absolute Gasteiger partial charge is 0.167 e. The average Bonchev–Trinajstić information content (AvgIpc) is 2.71. The third-order valence-corrected chi connectivity index (χ3v) is 4.34. The van der Waals surface area contributed by atoms with E-state index in [-0.39, 0.29) is 25.5 Å². The second kappa shape index (κ2) is 3.87. The first-order chi connectivity index (χ1) is 7.15. The van der Waals surface area contributed by atoms with Crippen LogP contribution in [0.1, 0.15) is 31.7 Å². The molecule has 2 bridgehead atoms. The van der Waals surface area contributed by atoms with Crippen LogP contribution in [0.4, 0.5) is 0 Å². The van der Waals surface area contributed by atoms with Gasteiger partial charge >= 0.3 is 0 Å². The summed E-state index contributed by atoms with van der Waals surface area (Å²) in [5, 5.41) is 0. The van der Waals surface area contributed by atoms with Crippen LogP contribution in [-0.2, 0) is 25.5 Å². The average molecular weight is 392 g/mol. The van der Waals surface area contributed by atoms with Crippen molar-refractivity contribution in [3.05, 3.63) is 42.4 Å². The molecule has 1 aliphatic carbocycles. The molecule has 0 N–H and O–H groups in total. The molecule has 1 saturated carbocycles. The van der Waals surface area contributed by atoms with Gasteiger partial charge in [-0.25, -0.2) is 0 Å². The molecule has 1 nitrogen and oxygen atoms in total. The Hall–Kier alpha value is -0.301. The Balaban J connectivity index is 0.000000963. The zero-order chi connectivity index (χ0) is 10.5. The van der Waals surface area contributed by atoms with Crippen LogP contribution in [0.15, 0.2) is 24.3 Å². The Morgan fingerprint density at radius 3 is 2.69 bits per heavy atom. The van der Waals surface area contributed by atoms with Gasteiger partial charge in [-0.2, -0.15) is 30.3 Å². The van der Waals surface area contributed by atoms with Gasteiger partial charge in [0.2, 0.25) is 0 Å². The molecule has 3 rings (SSSR count). The van der Waals surface area contributed by atoms with Gasteiger partial charge in [0, 0.05) is 33.6 Å². The molecule has 2 aliphatic rings. The van der Waals surface area contributed by atoms with E-state index in [2.05, 4.69) is 43.6 Å². The number of benzene rings is 1. The number of hydrogen-bond acceptors (Lipinski definition) is 1. The molecule has 1 aliphatic heterocycles. The number of fused-ring (bicyclic) bond motifs is 2. The summed E-state index contributed by atoms with van der Waals surface area (Å²) in [6, 6.07) is 11.8. The molecule has 2 unspecified atom stereocenters. The second-order valence-corrected chi connectivity index (χ2v) is 5.35. The molecule has 2 atom stereocenters. The molecule has 0 amide bonds. The van der Waals surface area contributed by atoms with Crippen molar-refractivity contribution < 1.29 is 20.1 Å². The number of likely N-dealkylation sites (N-methyl/N-ethyl adjacent to an activating group) is 1. The fraction of sp³-hybridized carbons (Fsp3) is 0.500. The number of hydrogen-bond donors (Lipinski definition) is 0. The molecule has 1 saturated heterocycles. The van der Waals surface area contributed by atoms with Gasteiger partial charge in [0.15, 0.2) is 6.54 Å². The van der Waals surface area contributed by atoms with Crippen molar-refractivity contribution >= 4 is 0 Å². The Kier molecular flexibility index (Phi) is 2.94. The summed E-state index contributed by atoms with van der Waals surface area (Å²) in [7, 11) is 2.21. The van der Waals surface area contributed by atoms with E-state index in [4.69, 9.17) is 0 Å². The Morgan fingerprint density at radius 2 is 2.19 bits per heavy atom. The van der Waals surface area contributed by atoms with E-state index in [1.165, 1.54) is 24.8 Å². The molecule has 1 aromatic carbocycles. The first kappa shape index (κ1) is 12.2. The summed E-state index contributed by atoms with van der Waals surface area (Å²) in [6.07, 6.45) is 3.86. The van der Waals surface area contributed by atoms with Crippen LogP contribution in [0.5, 0.6) is 0 Å². The van der Waals surface area contributed by atoms with Crippen molar-refractivity contribution in [1.82, 2.24) is 4.90 Å². The van der Waals surface area contributed by atoms with Gasteiger partial charge in [0.1, 0.15) is 5.41 Å². The molecular formula is C14H17IrN. The van der Waals surface area contributed by atoms with E-state index < -0.39 is 0 Å². The first-order valence-corrected chi connectivity index (χ1v) is 5.71. The van der Waals surface area contributed by atoms with Crippen molar-refractivity contribution in [3.8, 4) is 0 Å². The van der Waals surface area contributed by atoms with Gasteiger partial charge < -0.3 is 0 Å². The quantitative estimate of drug-likeness (QED) is 0.666. The van der Waals surface area contributed by atoms with Crippen molar-refractivity contribution in [1.29, 1.82) is 0 Å². The predicted molar refractivity (Wildman–Crippen MR) is 61.3 cm³/mol. The normalized spacial score (nSPS) is 36.9. The molecule has 0 spiro atoms. The summed E-state index contributed by atoms with van der Waals surface area (Å²) >= 11 is 0. The van der Waals surface area contributed by atoms with Gasteiger partial charge in [0.05, 0.1) is 5.54 Å². The van der Waals surface area contributed by atoms with Crippen molar-refractivity contribution in [3.63, 3.8) is 0 Å². The maximum absolute atomic E-state index is 3.41. The summed E-state index contributed by atoms with van der Waals surface area (Å²) < 4.78 is 0. The minimum Gasteiger partial charge on any atom is -0.177 e. The summed E-state index contributed by atoms with van der Waals surface area (Å²) in [5.41, 5.74) is 2.05. The Morgan fingerprint density at radius 1 is 1.38 bits per heavy atom. The Bertz CT molecular complexity index is 378. The topological polar surface area (TPSA) is 3.24 Å². The number of likely N-dealkylation sites (tertiary alicyclic amines) is 1. The van der Waals surface area contributed by atoms with Gasteiger partial charge in [-0.3, -0.25) is 0 Å². The summed E-state index contributed by atoms with van der Waals surface area (Å²) in [4.78, 5) is 2.41. The summed E-state index contributed by atoms with van der Waals surface area (Å²) in [6.45, 7) is 4.80. The number of nitrogens with zero attached hydrogens (tertiary/aromatic N) is 1. The largest absolute Gasteiger partial charge is 0.177 e. The summed E-state index contributed by atoms with van der Waals surface area (Å²) in [5.74, 6) is 0. The molecular weight excluding hydrogens is 374 g/mol. The van der Waals surface area contributed by atoms with Gasteiger partial charge in [-0.1, -0.05) is 0 Å². The molecule has 16 heavy (non-hydrogen) atoms. The van der Waals surface area contributed by atoms with E-state index in [0.717, 1.165) is 0 Å². The van der Waals surface area contributed by atoms with E-state index in [0.29, 0.717) is 5.54 Å². The van der Waals surface area contributed by atoms with E-state index >= 15 is 0 Å². The molecule has 1 aromatic rings. The monoisotopic (exact) mass is 392 g/mol. The molecule has 87 valence electrons. The molecule has 0 aromatic heterocycles. The minimum absolute atomic E-state index is 0. The van der Waals surface area contributed by atoms with E-state index in [1.807, 2.05) is 12.1 Å². The molecule has 1 radical (unpaired) electrons. The number of piperidine rings is 1. The van der Waals surface area contributed by atoms with E-state index in [1.54, 1.807) is 0 Å².